The first-order valence-electron chi connectivity index (χ1n) is 9.70. The van der Waals surface area contributed by atoms with Crippen molar-refractivity contribution in [1.29, 1.82) is 0 Å². The van der Waals surface area contributed by atoms with Crippen LogP contribution in [0.15, 0.2) is 41.3 Å². The predicted octanol–water partition coefficient (Wildman–Crippen LogP) is 4.69. The van der Waals surface area contributed by atoms with Gasteiger partial charge in [0.1, 0.15) is 5.75 Å². The van der Waals surface area contributed by atoms with Crippen molar-refractivity contribution in [3.63, 3.8) is 0 Å². The Labute approximate surface area is 200 Å². The van der Waals surface area contributed by atoms with Gasteiger partial charge in [0, 0.05) is 5.56 Å². The maximum Gasteiger partial charge on any atom is 0.285 e. The molecule has 0 spiro atoms. The fourth-order valence-corrected chi connectivity index (χ4v) is 4.30. The fourth-order valence-electron chi connectivity index (χ4n) is 2.84. The molecular formula is C22H21ClN2O5S2. The van der Waals surface area contributed by atoms with Gasteiger partial charge in [-0.2, -0.15) is 5.01 Å². The summed E-state index contributed by atoms with van der Waals surface area (Å²) in [6.07, 6.45) is 1.64. The first kappa shape index (κ1) is 23.9. The molecular weight excluding hydrogens is 472 g/mol. The van der Waals surface area contributed by atoms with Crippen LogP contribution in [-0.4, -0.2) is 41.5 Å². The van der Waals surface area contributed by atoms with E-state index < -0.39 is 11.8 Å². The largest absolute Gasteiger partial charge is 0.497 e. The molecule has 0 atom stereocenters. The number of hydrazine groups is 1. The molecule has 2 amide bonds. The smallest absolute Gasteiger partial charge is 0.285 e. The van der Waals surface area contributed by atoms with E-state index in [4.69, 9.17) is 38.0 Å². The van der Waals surface area contributed by atoms with Crippen molar-refractivity contribution in [3.8, 4) is 17.2 Å². The minimum absolute atomic E-state index is 0.213. The molecule has 1 saturated heterocycles. The molecule has 0 unspecified atom stereocenters. The molecule has 0 aromatic heterocycles. The lowest BCUT2D eigenvalue weighted by Gasteiger charge is -2.15. The number of benzene rings is 2. The topological polar surface area (TPSA) is 77.1 Å². The van der Waals surface area contributed by atoms with Crippen LogP contribution >= 0.6 is 35.6 Å². The molecule has 1 heterocycles. The van der Waals surface area contributed by atoms with Crippen molar-refractivity contribution < 1.29 is 23.8 Å². The van der Waals surface area contributed by atoms with Gasteiger partial charge < -0.3 is 14.2 Å². The summed E-state index contributed by atoms with van der Waals surface area (Å²) in [5.74, 6) is 0.650. The fraction of sp³-hybridized carbons (Fsp3) is 0.227. The minimum atomic E-state index is -0.465. The van der Waals surface area contributed by atoms with Crippen molar-refractivity contribution >= 4 is 57.8 Å². The number of amides is 2. The van der Waals surface area contributed by atoms with Gasteiger partial charge >= 0.3 is 0 Å². The average Bonchev–Trinajstić information content (AvgIpc) is 3.03. The Morgan fingerprint density at radius 2 is 1.88 bits per heavy atom. The molecule has 0 bridgehead atoms. The second kappa shape index (κ2) is 10.7. The summed E-state index contributed by atoms with van der Waals surface area (Å²) in [4.78, 5) is 25.8. The van der Waals surface area contributed by atoms with E-state index in [1.54, 1.807) is 42.5 Å². The Morgan fingerprint density at radius 3 is 2.50 bits per heavy atom. The van der Waals surface area contributed by atoms with Crippen LogP contribution in [0.3, 0.4) is 0 Å². The molecule has 2 aromatic rings. The molecule has 3 rings (SSSR count). The maximum atomic E-state index is 12.9. The molecule has 0 radical (unpaired) electrons. The van der Waals surface area contributed by atoms with Crippen LogP contribution in [0.25, 0.3) is 6.08 Å². The zero-order chi connectivity index (χ0) is 23.3. The van der Waals surface area contributed by atoms with Crippen molar-refractivity contribution in [2.24, 2.45) is 0 Å². The second-order valence-electron chi connectivity index (χ2n) is 6.38. The molecule has 1 N–H and O–H groups in total. The Morgan fingerprint density at radius 1 is 1.19 bits per heavy atom. The van der Waals surface area contributed by atoms with E-state index in [-0.39, 0.29) is 4.32 Å². The van der Waals surface area contributed by atoms with Crippen LogP contribution in [0.1, 0.15) is 29.8 Å². The highest BCUT2D eigenvalue weighted by atomic mass is 35.5. The molecule has 7 nitrogen and oxygen atoms in total. The van der Waals surface area contributed by atoms with Gasteiger partial charge in [0.05, 0.1) is 30.3 Å². The minimum Gasteiger partial charge on any atom is -0.497 e. The van der Waals surface area contributed by atoms with Crippen LogP contribution < -0.4 is 19.6 Å². The van der Waals surface area contributed by atoms with Gasteiger partial charge in [0.25, 0.3) is 11.8 Å². The summed E-state index contributed by atoms with van der Waals surface area (Å²) in [6.45, 7) is 4.57. The van der Waals surface area contributed by atoms with Crippen molar-refractivity contribution in [3.05, 3.63) is 57.5 Å². The zero-order valence-electron chi connectivity index (χ0n) is 17.6. The van der Waals surface area contributed by atoms with E-state index >= 15 is 0 Å². The molecule has 1 aliphatic rings. The normalized spacial score (nSPS) is 14.6. The molecule has 32 heavy (non-hydrogen) atoms. The van der Waals surface area contributed by atoms with Crippen molar-refractivity contribution in [2.75, 3.05) is 20.3 Å². The number of ether oxygens (including phenoxy) is 3. The molecule has 10 heteroatoms. The van der Waals surface area contributed by atoms with Crippen LogP contribution in [0.2, 0.25) is 5.02 Å². The second-order valence-corrected chi connectivity index (χ2v) is 8.47. The third-order valence-electron chi connectivity index (χ3n) is 4.28. The Kier molecular flexibility index (Phi) is 8.00. The number of nitrogens with one attached hydrogen (secondary N) is 1. The number of hydrogen-bond acceptors (Lipinski definition) is 7. The molecule has 168 valence electrons. The van der Waals surface area contributed by atoms with E-state index in [1.165, 1.54) is 7.11 Å². The molecule has 1 aliphatic heterocycles. The summed E-state index contributed by atoms with van der Waals surface area (Å²) < 4.78 is 16.5. The number of thiocarbonyl (C=S) groups is 1. The van der Waals surface area contributed by atoms with Crippen molar-refractivity contribution in [2.45, 2.75) is 13.8 Å². The van der Waals surface area contributed by atoms with E-state index in [2.05, 4.69) is 5.43 Å². The predicted molar refractivity (Wildman–Crippen MR) is 129 cm³/mol. The summed E-state index contributed by atoms with van der Waals surface area (Å²) in [6, 6.07) is 9.92. The highest BCUT2D eigenvalue weighted by Gasteiger charge is 2.34. The number of halogens is 1. The highest BCUT2D eigenvalue weighted by molar-refractivity contribution is 8.26. The molecule has 1 fully saturated rings. The first-order valence-corrected chi connectivity index (χ1v) is 11.3. The number of methoxy groups -OCH3 is 1. The van der Waals surface area contributed by atoms with Gasteiger partial charge in [-0.15, -0.1) is 0 Å². The van der Waals surface area contributed by atoms with E-state index in [0.29, 0.717) is 51.5 Å². The van der Waals surface area contributed by atoms with Gasteiger partial charge in [-0.25, -0.2) is 0 Å². The summed E-state index contributed by atoms with van der Waals surface area (Å²) in [5.41, 5.74) is 3.55. The lowest BCUT2D eigenvalue weighted by atomic mass is 10.1. The lowest BCUT2D eigenvalue weighted by Crippen LogP contribution is -2.44. The number of carbonyl (C=O) groups excluding carboxylic acids is 2. The summed E-state index contributed by atoms with van der Waals surface area (Å²) >= 11 is 12.7. The SMILES string of the molecule is CCOc1cc(C=C2SC(=S)N(NC(=O)c3ccc(OC)cc3)C2=O)cc(Cl)c1OCC. The summed E-state index contributed by atoms with van der Waals surface area (Å²) in [7, 11) is 1.54. The Balaban J connectivity index is 1.81. The van der Waals surface area contributed by atoms with E-state index in [1.807, 2.05) is 13.8 Å². The van der Waals surface area contributed by atoms with E-state index in [0.717, 1.165) is 16.8 Å². The monoisotopic (exact) mass is 492 g/mol. The van der Waals surface area contributed by atoms with Crippen LogP contribution in [0.5, 0.6) is 17.2 Å². The number of carbonyl (C=O) groups is 2. The van der Waals surface area contributed by atoms with Crippen LogP contribution in [-0.2, 0) is 4.79 Å². The third-order valence-corrected chi connectivity index (χ3v) is 5.86. The lowest BCUT2D eigenvalue weighted by molar-refractivity contribution is -0.123. The average molecular weight is 493 g/mol. The van der Waals surface area contributed by atoms with Crippen molar-refractivity contribution in [1.82, 2.24) is 10.4 Å². The number of rotatable bonds is 8. The maximum absolute atomic E-state index is 12.9. The third kappa shape index (κ3) is 5.35. The van der Waals surface area contributed by atoms with Gasteiger partial charge in [0.2, 0.25) is 0 Å². The summed E-state index contributed by atoms with van der Waals surface area (Å²) in [5, 5.41) is 1.42. The quantitative estimate of drug-likeness (QED) is 0.423. The number of hydrogen-bond donors (Lipinski definition) is 1. The number of nitrogens with zero attached hydrogens (tertiary/aromatic N) is 1. The van der Waals surface area contributed by atoms with Crippen LogP contribution in [0.4, 0.5) is 0 Å². The Hall–Kier alpha value is -2.75. The molecule has 2 aromatic carbocycles. The van der Waals surface area contributed by atoms with Gasteiger partial charge in [-0.1, -0.05) is 23.4 Å². The zero-order valence-corrected chi connectivity index (χ0v) is 20.0. The van der Waals surface area contributed by atoms with Gasteiger partial charge in [0.15, 0.2) is 15.8 Å². The molecule has 0 aliphatic carbocycles. The molecule has 0 saturated carbocycles. The van der Waals surface area contributed by atoms with Gasteiger partial charge in [-0.3, -0.25) is 15.0 Å². The first-order chi connectivity index (χ1) is 15.4. The standard InChI is InChI=1S/C22H21ClN2O5S2/c1-4-29-17-11-13(10-16(23)19(17)30-5-2)12-18-21(27)25(22(31)32-18)24-20(26)14-6-8-15(28-3)9-7-14/h6-12H,4-5H2,1-3H3,(H,24,26). The van der Waals surface area contributed by atoms with Crippen LogP contribution in [0, 0.1) is 0 Å². The number of thioether (sulfide) groups is 1. The van der Waals surface area contributed by atoms with Gasteiger partial charge in [-0.05, 0) is 74.1 Å². The Bertz CT molecular complexity index is 1070. The highest BCUT2D eigenvalue weighted by Crippen LogP contribution is 2.39. The van der Waals surface area contributed by atoms with E-state index in [9.17, 15) is 9.59 Å².